The second kappa shape index (κ2) is 5.54. The predicted octanol–water partition coefficient (Wildman–Crippen LogP) is 3.84. The van der Waals surface area contributed by atoms with Crippen LogP contribution < -0.4 is 5.73 Å². The van der Waals surface area contributed by atoms with Crippen LogP contribution in [0.5, 0.6) is 0 Å². The maximum atomic E-state index is 12.2. The fourth-order valence-electron chi connectivity index (χ4n) is 1.74. The van der Waals surface area contributed by atoms with Crippen LogP contribution in [0.15, 0.2) is 24.3 Å². The van der Waals surface area contributed by atoms with E-state index in [1.165, 1.54) is 0 Å². The number of halogens is 3. The molecule has 0 aromatic heterocycles. The molecule has 0 saturated heterocycles. The molecule has 0 aliphatic heterocycles. The van der Waals surface area contributed by atoms with Gasteiger partial charge in [-0.25, -0.2) is 0 Å². The van der Waals surface area contributed by atoms with Gasteiger partial charge in [-0.2, -0.15) is 13.2 Å². The maximum Gasteiger partial charge on any atom is 0.390 e. The Bertz CT molecular complexity index is 341. The van der Waals surface area contributed by atoms with E-state index in [1.54, 1.807) is 12.1 Å². The highest BCUT2D eigenvalue weighted by Crippen LogP contribution is 2.28. The molecule has 0 aliphatic carbocycles. The number of benzene rings is 1. The number of nitrogens with two attached hydrogens (primary N) is 1. The SMILES string of the molecule is CC(C)Cc1ccc(C(N)CC(F)(F)F)cc1. The molecule has 1 unspecified atom stereocenters. The van der Waals surface area contributed by atoms with Crippen LogP contribution in [-0.2, 0) is 6.42 Å². The van der Waals surface area contributed by atoms with E-state index in [-0.39, 0.29) is 0 Å². The zero-order valence-electron chi connectivity index (χ0n) is 10.1. The smallest absolute Gasteiger partial charge is 0.324 e. The first kappa shape index (κ1) is 14.0. The van der Waals surface area contributed by atoms with Crippen molar-refractivity contribution in [2.24, 2.45) is 11.7 Å². The minimum absolute atomic E-state index is 0.532. The Balaban J connectivity index is 2.67. The van der Waals surface area contributed by atoms with Crippen LogP contribution in [-0.4, -0.2) is 6.18 Å². The summed E-state index contributed by atoms with van der Waals surface area (Å²) >= 11 is 0. The molecule has 17 heavy (non-hydrogen) atoms. The number of hydrogen-bond donors (Lipinski definition) is 1. The van der Waals surface area contributed by atoms with Crippen LogP contribution in [0.25, 0.3) is 0 Å². The van der Waals surface area contributed by atoms with Gasteiger partial charge in [0.2, 0.25) is 0 Å². The first-order valence-electron chi connectivity index (χ1n) is 5.69. The predicted molar refractivity (Wildman–Crippen MR) is 62.6 cm³/mol. The zero-order chi connectivity index (χ0) is 13.1. The summed E-state index contributed by atoms with van der Waals surface area (Å²) < 4.78 is 36.5. The van der Waals surface area contributed by atoms with E-state index in [4.69, 9.17) is 5.73 Å². The highest BCUT2D eigenvalue weighted by Gasteiger charge is 2.30. The molecule has 0 bridgehead atoms. The lowest BCUT2D eigenvalue weighted by Gasteiger charge is -2.15. The molecule has 0 aliphatic rings. The Morgan fingerprint density at radius 2 is 1.65 bits per heavy atom. The van der Waals surface area contributed by atoms with Crippen molar-refractivity contribution in [2.45, 2.75) is 38.9 Å². The standard InChI is InChI=1S/C13H18F3N/c1-9(2)7-10-3-5-11(6-4-10)12(17)8-13(14,15)16/h3-6,9,12H,7-8,17H2,1-2H3. The second-order valence-corrected chi connectivity index (χ2v) is 4.77. The van der Waals surface area contributed by atoms with Gasteiger partial charge in [-0.05, 0) is 23.5 Å². The van der Waals surface area contributed by atoms with E-state index in [1.807, 2.05) is 12.1 Å². The Morgan fingerprint density at radius 3 is 2.06 bits per heavy atom. The molecule has 0 radical (unpaired) electrons. The van der Waals surface area contributed by atoms with Gasteiger partial charge in [0.1, 0.15) is 0 Å². The lowest BCUT2D eigenvalue weighted by Crippen LogP contribution is -2.20. The monoisotopic (exact) mass is 245 g/mol. The van der Waals surface area contributed by atoms with Crippen LogP contribution >= 0.6 is 0 Å². The second-order valence-electron chi connectivity index (χ2n) is 4.77. The number of rotatable bonds is 4. The summed E-state index contributed by atoms with van der Waals surface area (Å²) in [4.78, 5) is 0. The van der Waals surface area contributed by atoms with Crippen LogP contribution in [0, 0.1) is 5.92 Å². The molecule has 0 spiro atoms. The molecule has 0 heterocycles. The van der Waals surface area contributed by atoms with Gasteiger partial charge < -0.3 is 5.73 Å². The lowest BCUT2D eigenvalue weighted by molar-refractivity contribution is -0.138. The minimum atomic E-state index is -4.21. The van der Waals surface area contributed by atoms with Gasteiger partial charge in [-0.15, -0.1) is 0 Å². The van der Waals surface area contributed by atoms with E-state index < -0.39 is 18.6 Å². The van der Waals surface area contributed by atoms with Crippen molar-refractivity contribution in [3.8, 4) is 0 Å². The van der Waals surface area contributed by atoms with Crippen molar-refractivity contribution in [3.05, 3.63) is 35.4 Å². The summed E-state index contributed by atoms with van der Waals surface area (Å²) in [5.41, 5.74) is 7.18. The average molecular weight is 245 g/mol. The molecule has 1 nitrogen and oxygen atoms in total. The summed E-state index contributed by atoms with van der Waals surface area (Å²) in [6.45, 7) is 4.20. The molecule has 0 saturated carbocycles. The van der Waals surface area contributed by atoms with Crippen molar-refractivity contribution >= 4 is 0 Å². The molecule has 1 aromatic carbocycles. The highest BCUT2D eigenvalue weighted by molar-refractivity contribution is 5.25. The fraction of sp³-hybridized carbons (Fsp3) is 0.538. The van der Waals surface area contributed by atoms with Crippen molar-refractivity contribution in [1.82, 2.24) is 0 Å². The average Bonchev–Trinajstić information content (AvgIpc) is 2.15. The van der Waals surface area contributed by atoms with E-state index in [9.17, 15) is 13.2 Å². The number of alkyl halides is 3. The van der Waals surface area contributed by atoms with Crippen LogP contribution in [0.4, 0.5) is 13.2 Å². The Morgan fingerprint density at radius 1 is 1.12 bits per heavy atom. The molecule has 4 heteroatoms. The summed E-state index contributed by atoms with van der Waals surface area (Å²) in [5.74, 6) is 0.532. The molecule has 1 atom stereocenters. The maximum absolute atomic E-state index is 12.2. The van der Waals surface area contributed by atoms with Crippen molar-refractivity contribution in [2.75, 3.05) is 0 Å². The molecule has 1 rings (SSSR count). The van der Waals surface area contributed by atoms with Gasteiger partial charge in [0.15, 0.2) is 0 Å². The molecule has 2 N–H and O–H groups in total. The minimum Gasteiger partial charge on any atom is -0.324 e. The summed E-state index contributed by atoms with van der Waals surface area (Å²) in [7, 11) is 0. The van der Waals surface area contributed by atoms with E-state index in [0.717, 1.165) is 12.0 Å². The van der Waals surface area contributed by atoms with E-state index >= 15 is 0 Å². The summed E-state index contributed by atoms with van der Waals surface area (Å²) in [6, 6.07) is 6.11. The largest absolute Gasteiger partial charge is 0.390 e. The van der Waals surface area contributed by atoms with Crippen molar-refractivity contribution in [3.63, 3.8) is 0 Å². The quantitative estimate of drug-likeness (QED) is 0.857. The topological polar surface area (TPSA) is 26.0 Å². The van der Waals surface area contributed by atoms with Crippen LogP contribution in [0.1, 0.15) is 37.4 Å². The summed E-state index contributed by atoms with van der Waals surface area (Å²) in [5, 5.41) is 0. The highest BCUT2D eigenvalue weighted by atomic mass is 19.4. The lowest BCUT2D eigenvalue weighted by atomic mass is 9.98. The fourth-order valence-corrected chi connectivity index (χ4v) is 1.74. The third kappa shape index (κ3) is 5.22. The van der Waals surface area contributed by atoms with Gasteiger partial charge >= 0.3 is 6.18 Å². The van der Waals surface area contributed by atoms with Gasteiger partial charge in [0, 0.05) is 6.04 Å². The molecule has 0 fully saturated rings. The molecular formula is C13H18F3N. The van der Waals surface area contributed by atoms with Gasteiger partial charge in [-0.1, -0.05) is 38.1 Å². The summed E-state index contributed by atoms with van der Waals surface area (Å²) in [6.07, 6.45) is -4.26. The molecule has 1 aromatic rings. The van der Waals surface area contributed by atoms with Crippen LogP contribution in [0.3, 0.4) is 0 Å². The third-order valence-electron chi connectivity index (χ3n) is 2.50. The first-order valence-corrected chi connectivity index (χ1v) is 5.69. The normalized spacial score (nSPS) is 14.1. The van der Waals surface area contributed by atoms with Crippen molar-refractivity contribution in [1.29, 1.82) is 0 Å². The molecule has 96 valence electrons. The van der Waals surface area contributed by atoms with E-state index in [0.29, 0.717) is 11.5 Å². The van der Waals surface area contributed by atoms with E-state index in [2.05, 4.69) is 13.8 Å². The Hall–Kier alpha value is -1.03. The van der Waals surface area contributed by atoms with Gasteiger partial charge in [-0.3, -0.25) is 0 Å². The van der Waals surface area contributed by atoms with Gasteiger partial charge in [0.05, 0.1) is 6.42 Å². The van der Waals surface area contributed by atoms with Gasteiger partial charge in [0.25, 0.3) is 0 Å². The molecular weight excluding hydrogens is 227 g/mol. The third-order valence-corrected chi connectivity index (χ3v) is 2.50. The Labute approximate surface area is 99.8 Å². The van der Waals surface area contributed by atoms with Crippen molar-refractivity contribution < 1.29 is 13.2 Å². The first-order chi connectivity index (χ1) is 7.78. The Kier molecular flexibility index (Phi) is 4.57. The van der Waals surface area contributed by atoms with Crippen LogP contribution in [0.2, 0.25) is 0 Å². The molecule has 0 amide bonds. The number of hydrogen-bond acceptors (Lipinski definition) is 1. The zero-order valence-corrected chi connectivity index (χ0v) is 10.1.